The summed E-state index contributed by atoms with van der Waals surface area (Å²) >= 11 is 0. The highest BCUT2D eigenvalue weighted by Crippen LogP contribution is 2.39. The van der Waals surface area contributed by atoms with Crippen molar-refractivity contribution in [3.8, 4) is 17.2 Å². The Kier molecular flexibility index (Phi) is 6.06. The molecule has 114 valence electrons. The average Bonchev–Trinajstić information content (AvgIpc) is 2.51. The van der Waals surface area contributed by atoms with Gasteiger partial charge >= 0.3 is 11.8 Å². The molecule has 1 aromatic rings. The van der Waals surface area contributed by atoms with Crippen molar-refractivity contribution in [2.45, 2.75) is 0 Å². The Hall–Kier alpha value is -2.70. The summed E-state index contributed by atoms with van der Waals surface area (Å²) < 4.78 is 15.5. The second kappa shape index (κ2) is 7.78. The number of benzene rings is 1. The molecule has 7 nitrogen and oxygen atoms in total. The van der Waals surface area contributed by atoms with Crippen molar-refractivity contribution in [2.24, 2.45) is 0 Å². The summed E-state index contributed by atoms with van der Waals surface area (Å²) in [7, 11) is 4.39. The predicted molar refractivity (Wildman–Crippen MR) is 77.9 cm³/mol. The Bertz CT molecular complexity index is 517. The highest BCUT2D eigenvalue weighted by atomic mass is 16.5. The maximum atomic E-state index is 11.7. The van der Waals surface area contributed by atoms with E-state index in [4.69, 9.17) is 14.2 Å². The summed E-state index contributed by atoms with van der Waals surface area (Å²) in [4.78, 5) is 23.2. The van der Waals surface area contributed by atoms with Crippen LogP contribution in [0.4, 0.5) is 5.69 Å². The quantitative estimate of drug-likeness (QED) is 0.603. The van der Waals surface area contributed by atoms with E-state index in [0.29, 0.717) is 22.9 Å². The topological polar surface area (TPSA) is 85.9 Å². The van der Waals surface area contributed by atoms with Crippen molar-refractivity contribution in [2.75, 3.05) is 33.2 Å². The number of rotatable bonds is 6. The van der Waals surface area contributed by atoms with Gasteiger partial charge in [0.15, 0.2) is 11.5 Å². The number of nitrogens with one attached hydrogen (secondary N) is 2. The van der Waals surface area contributed by atoms with Crippen LogP contribution in [0.15, 0.2) is 24.8 Å². The molecule has 0 heterocycles. The first-order valence-corrected chi connectivity index (χ1v) is 6.07. The van der Waals surface area contributed by atoms with E-state index in [0.717, 1.165) is 0 Å². The standard InChI is InChI=1S/C14H18N2O5/c1-5-6-15-13(17)14(18)16-9-7-10(19-2)12(21-4)11(8-9)20-3/h5,7-8H,1,6H2,2-4H3,(H,15,17)(H,16,18). The van der Waals surface area contributed by atoms with Crippen molar-refractivity contribution < 1.29 is 23.8 Å². The lowest BCUT2D eigenvalue weighted by Gasteiger charge is -2.14. The molecule has 0 radical (unpaired) electrons. The first-order valence-electron chi connectivity index (χ1n) is 6.07. The number of anilines is 1. The first kappa shape index (κ1) is 16.4. The number of hydrogen-bond acceptors (Lipinski definition) is 5. The van der Waals surface area contributed by atoms with E-state index in [2.05, 4.69) is 17.2 Å². The van der Waals surface area contributed by atoms with Gasteiger partial charge in [-0.2, -0.15) is 0 Å². The Labute approximate surface area is 122 Å². The lowest BCUT2D eigenvalue weighted by molar-refractivity contribution is -0.136. The second-order valence-electron chi connectivity index (χ2n) is 3.87. The molecule has 0 unspecified atom stereocenters. The summed E-state index contributed by atoms with van der Waals surface area (Å²) in [6.45, 7) is 3.66. The van der Waals surface area contributed by atoms with Gasteiger partial charge in [0.1, 0.15) is 0 Å². The average molecular weight is 294 g/mol. The van der Waals surface area contributed by atoms with Crippen LogP contribution in [0.1, 0.15) is 0 Å². The molecule has 0 aliphatic carbocycles. The fraction of sp³-hybridized carbons (Fsp3) is 0.286. The molecule has 2 amide bonds. The molecule has 0 aliphatic rings. The second-order valence-corrected chi connectivity index (χ2v) is 3.87. The number of carbonyl (C=O) groups excluding carboxylic acids is 2. The van der Waals surface area contributed by atoms with Crippen LogP contribution < -0.4 is 24.8 Å². The third-order valence-corrected chi connectivity index (χ3v) is 2.54. The predicted octanol–water partition coefficient (Wildman–Crippen LogP) is 0.953. The van der Waals surface area contributed by atoms with Gasteiger partial charge < -0.3 is 24.8 Å². The summed E-state index contributed by atoms with van der Waals surface area (Å²) in [6.07, 6.45) is 1.48. The largest absolute Gasteiger partial charge is 0.493 e. The van der Waals surface area contributed by atoms with Crippen molar-refractivity contribution in [3.63, 3.8) is 0 Å². The van der Waals surface area contributed by atoms with E-state index in [-0.39, 0.29) is 6.54 Å². The van der Waals surface area contributed by atoms with Gasteiger partial charge in [-0.1, -0.05) is 6.08 Å². The van der Waals surface area contributed by atoms with Gasteiger partial charge in [0.05, 0.1) is 21.3 Å². The van der Waals surface area contributed by atoms with Crippen molar-refractivity contribution >= 4 is 17.5 Å². The fourth-order valence-electron chi connectivity index (χ4n) is 1.59. The van der Waals surface area contributed by atoms with Gasteiger partial charge in [0, 0.05) is 24.4 Å². The Morgan fingerprint density at radius 1 is 1.10 bits per heavy atom. The summed E-state index contributed by atoms with van der Waals surface area (Å²) in [6, 6.07) is 3.06. The van der Waals surface area contributed by atoms with E-state index >= 15 is 0 Å². The molecule has 0 aromatic heterocycles. The van der Waals surface area contributed by atoms with Gasteiger partial charge in [0.2, 0.25) is 5.75 Å². The van der Waals surface area contributed by atoms with E-state index in [1.54, 1.807) is 0 Å². The molecule has 21 heavy (non-hydrogen) atoms. The minimum absolute atomic E-state index is 0.210. The molecule has 1 aromatic carbocycles. The number of hydrogen-bond donors (Lipinski definition) is 2. The lowest BCUT2D eigenvalue weighted by atomic mass is 10.2. The molecule has 0 saturated carbocycles. The molecular weight excluding hydrogens is 276 g/mol. The van der Waals surface area contributed by atoms with Gasteiger partial charge in [-0.25, -0.2) is 0 Å². The summed E-state index contributed by atoms with van der Waals surface area (Å²) in [5.41, 5.74) is 0.350. The zero-order valence-corrected chi connectivity index (χ0v) is 12.2. The highest BCUT2D eigenvalue weighted by Gasteiger charge is 2.17. The van der Waals surface area contributed by atoms with Gasteiger partial charge in [-0.05, 0) is 0 Å². The van der Waals surface area contributed by atoms with Gasteiger partial charge in [0.25, 0.3) is 0 Å². The van der Waals surface area contributed by atoms with Crippen LogP contribution in [-0.4, -0.2) is 39.7 Å². The van der Waals surface area contributed by atoms with Crippen molar-refractivity contribution in [1.29, 1.82) is 0 Å². The Balaban J connectivity index is 2.96. The number of ether oxygens (including phenoxy) is 3. The van der Waals surface area contributed by atoms with Crippen LogP contribution in [-0.2, 0) is 9.59 Å². The molecule has 2 N–H and O–H groups in total. The Morgan fingerprint density at radius 2 is 1.67 bits per heavy atom. The Morgan fingerprint density at radius 3 is 2.10 bits per heavy atom. The van der Waals surface area contributed by atoms with Gasteiger partial charge in [-0.15, -0.1) is 6.58 Å². The smallest absolute Gasteiger partial charge is 0.313 e. The zero-order chi connectivity index (χ0) is 15.8. The minimum atomic E-state index is -0.800. The van der Waals surface area contributed by atoms with E-state index in [1.165, 1.54) is 39.5 Å². The van der Waals surface area contributed by atoms with Crippen LogP contribution in [0.3, 0.4) is 0 Å². The molecule has 0 spiro atoms. The highest BCUT2D eigenvalue weighted by molar-refractivity contribution is 6.39. The van der Waals surface area contributed by atoms with Crippen LogP contribution in [0, 0.1) is 0 Å². The monoisotopic (exact) mass is 294 g/mol. The molecule has 1 rings (SSSR count). The van der Waals surface area contributed by atoms with E-state index in [9.17, 15) is 9.59 Å². The SMILES string of the molecule is C=CCNC(=O)C(=O)Nc1cc(OC)c(OC)c(OC)c1. The third-order valence-electron chi connectivity index (χ3n) is 2.54. The van der Waals surface area contributed by atoms with Crippen LogP contribution in [0.25, 0.3) is 0 Å². The number of carbonyl (C=O) groups is 2. The summed E-state index contributed by atoms with van der Waals surface area (Å²) in [5, 5.41) is 4.83. The molecule has 0 fully saturated rings. The minimum Gasteiger partial charge on any atom is -0.493 e. The molecule has 0 bridgehead atoms. The summed E-state index contributed by atoms with van der Waals surface area (Å²) in [5.74, 6) is -0.416. The molecule has 0 atom stereocenters. The maximum Gasteiger partial charge on any atom is 0.313 e. The third kappa shape index (κ3) is 4.13. The number of amides is 2. The molecule has 0 saturated heterocycles. The van der Waals surface area contributed by atoms with E-state index in [1.807, 2.05) is 0 Å². The van der Waals surface area contributed by atoms with Gasteiger partial charge in [-0.3, -0.25) is 9.59 Å². The molecule has 0 aliphatic heterocycles. The molecule has 7 heteroatoms. The normalized spacial score (nSPS) is 9.48. The zero-order valence-electron chi connectivity index (χ0n) is 12.2. The van der Waals surface area contributed by atoms with Crippen LogP contribution in [0.5, 0.6) is 17.2 Å². The van der Waals surface area contributed by atoms with Crippen molar-refractivity contribution in [1.82, 2.24) is 5.32 Å². The fourth-order valence-corrected chi connectivity index (χ4v) is 1.59. The van der Waals surface area contributed by atoms with E-state index < -0.39 is 11.8 Å². The maximum absolute atomic E-state index is 11.7. The van der Waals surface area contributed by atoms with Crippen LogP contribution in [0.2, 0.25) is 0 Å². The molecular formula is C14H18N2O5. The van der Waals surface area contributed by atoms with Crippen molar-refractivity contribution in [3.05, 3.63) is 24.8 Å². The first-order chi connectivity index (χ1) is 10.1. The van der Waals surface area contributed by atoms with Crippen LogP contribution >= 0.6 is 0 Å². The number of methoxy groups -OCH3 is 3. The lowest BCUT2D eigenvalue weighted by Crippen LogP contribution is -2.35.